The van der Waals surface area contributed by atoms with E-state index in [1.165, 1.54) is 108 Å². The Bertz CT molecular complexity index is 4200. The maximum absolute atomic E-state index is 5.40. The van der Waals surface area contributed by atoms with Crippen molar-refractivity contribution < 1.29 is 0 Å². The molecule has 0 aliphatic heterocycles. The van der Waals surface area contributed by atoms with Gasteiger partial charge in [0.25, 0.3) is 0 Å². The van der Waals surface area contributed by atoms with E-state index in [1.54, 1.807) is 0 Å². The highest BCUT2D eigenvalue weighted by atomic mass is 32.1. The van der Waals surface area contributed by atoms with Crippen molar-refractivity contribution in [1.29, 1.82) is 0 Å². The van der Waals surface area contributed by atoms with Crippen LogP contribution in [-0.4, -0.2) is 14.1 Å². The number of pyridine rings is 1. The third-order valence-corrected chi connectivity index (χ3v) is 14.5. The van der Waals surface area contributed by atoms with E-state index in [4.69, 9.17) is 4.98 Å². The van der Waals surface area contributed by atoms with Crippen molar-refractivity contribution in [3.63, 3.8) is 0 Å². The lowest BCUT2D eigenvalue weighted by atomic mass is 9.95. The van der Waals surface area contributed by atoms with Gasteiger partial charge in [0, 0.05) is 64.1 Å². The number of aromatic nitrogens is 3. The Balaban J connectivity index is 1.03. The molecular weight excluding hydrogens is 783 g/mol. The maximum atomic E-state index is 5.40. The lowest BCUT2D eigenvalue weighted by molar-refractivity contribution is 1.20. The van der Waals surface area contributed by atoms with E-state index >= 15 is 0 Å². The summed E-state index contributed by atoms with van der Waals surface area (Å²) in [6, 6.07) is 77.8. The summed E-state index contributed by atoms with van der Waals surface area (Å²) in [5.41, 5.74) is 12.7. The van der Waals surface area contributed by atoms with Crippen LogP contribution in [0.3, 0.4) is 0 Å². The zero-order valence-corrected chi connectivity index (χ0v) is 34.8. The van der Waals surface area contributed by atoms with Crippen LogP contribution in [0.1, 0.15) is 0 Å². The zero-order chi connectivity index (χ0) is 41.2. The lowest BCUT2D eigenvalue weighted by Gasteiger charge is -2.16. The molecule has 4 heteroatoms. The van der Waals surface area contributed by atoms with Gasteiger partial charge in [-0.2, -0.15) is 0 Å². The van der Waals surface area contributed by atoms with Gasteiger partial charge in [0.2, 0.25) is 0 Å². The van der Waals surface area contributed by atoms with E-state index in [9.17, 15) is 0 Å². The van der Waals surface area contributed by atoms with Crippen molar-refractivity contribution >= 4 is 108 Å². The fraction of sp³-hybridized carbons (Fsp3) is 0. The largest absolute Gasteiger partial charge is 0.309 e. The molecule has 0 fully saturated rings. The average Bonchev–Trinajstić information content (AvgIpc) is 4.01. The molecule has 10 aromatic carbocycles. The van der Waals surface area contributed by atoms with Gasteiger partial charge < -0.3 is 9.13 Å². The Morgan fingerprint density at radius 2 is 0.889 bits per heavy atom. The molecule has 0 aliphatic rings. The van der Waals surface area contributed by atoms with Crippen molar-refractivity contribution in [2.45, 2.75) is 0 Å². The molecule has 292 valence electrons. The summed E-state index contributed by atoms with van der Waals surface area (Å²) in [7, 11) is 0. The highest BCUT2D eigenvalue weighted by molar-refractivity contribution is 7.26. The quantitative estimate of drug-likeness (QED) is 0.162. The van der Waals surface area contributed by atoms with Gasteiger partial charge in [-0.3, -0.25) is 0 Å². The first-order valence-corrected chi connectivity index (χ1v) is 22.4. The molecule has 0 spiro atoms. The van der Waals surface area contributed by atoms with Crippen LogP contribution >= 0.6 is 11.3 Å². The highest BCUT2D eigenvalue weighted by Crippen LogP contribution is 2.48. The second kappa shape index (κ2) is 13.2. The number of nitrogens with zero attached hydrogens (tertiary/aromatic N) is 3. The molecule has 0 unspecified atom stereocenters. The number of para-hydroxylation sites is 3. The van der Waals surface area contributed by atoms with E-state index in [1.807, 2.05) is 11.3 Å². The van der Waals surface area contributed by atoms with Gasteiger partial charge >= 0.3 is 0 Å². The van der Waals surface area contributed by atoms with Crippen LogP contribution in [0, 0.1) is 0 Å². The Kier molecular flexibility index (Phi) is 7.27. The first-order chi connectivity index (χ1) is 31.3. The summed E-state index contributed by atoms with van der Waals surface area (Å²) in [4.78, 5) is 5.40. The van der Waals surface area contributed by atoms with Crippen LogP contribution in [-0.2, 0) is 0 Å². The minimum absolute atomic E-state index is 1.00. The minimum atomic E-state index is 1.00. The van der Waals surface area contributed by atoms with Crippen LogP contribution in [0.2, 0.25) is 0 Å². The molecule has 0 amide bonds. The van der Waals surface area contributed by atoms with E-state index in [-0.39, 0.29) is 0 Å². The second-order valence-corrected chi connectivity index (χ2v) is 17.7. The van der Waals surface area contributed by atoms with Crippen molar-refractivity contribution in [3.05, 3.63) is 212 Å². The maximum Gasteiger partial charge on any atom is 0.0789 e. The third-order valence-electron chi connectivity index (χ3n) is 13.3. The van der Waals surface area contributed by atoms with Crippen LogP contribution in [0.15, 0.2) is 212 Å². The molecule has 4 heterocycles. The van der Waals surface area contributed by atoms with Crippen molar-refractivity contribution in [3.8, 4) is 33.8 Å². The lowest BCUT2D eigenvalue weighted by Crippen LogP contribution is -1.97. The number of rotatable bonds is 4. The Labute approximate surface area is 365 Å². The minimum Gasteiger partial charge on any atom is -0.309 e. The van der Waals surface area contributed by atoms with Crippen LogP contribution in [0.25, 0.3) is 130 Å². The van der Waals surface area contributed by atoms with Crippen LogP contribution in [0.5, 0.6) is 0 Å². The predicted octanol–water partition coefficient (Wildman–Crippen LogP) is 16.4. The zero-order valence-electron chi connectivity index (χ0n) is 34.0. The molecule has 63 heavy (non-hydrogen) atoms. The predicted molar refractivity (Wildman–Crippen MR) is 269 cm³/mol. The second-order valence-electron chi connectivity index (χ2n) is 16.6. The van der Waals surface area contributed by atoms with Gasteiger partial charge in [-0.05, 0) is 77.2 Å². The Morgan fingerprint density at radius 3 is 1.62 bits per heavy atom. The topological polar surface area (TPSA) is 22.8 Å². The molecule has 14 rings (SSSR count). The standard InChI is InChI=1S/C59H35N3S/c1-2-16-37(17-3-1)58-47-35-54(59-57(44-23-9-13-28-55(44)63-59)56(47)43-22-6-10-24-48(43)60-58)62-51-26-12-8-21-42(51)46-34-39(30-32-53(46)62)38-29-31-52-45(33-38)41-20-7-11-25-50(41)61(52)49-27-14-18-36-15-4-5-19-40(36)49/h1-35H. The first-order valence-electron chi connectivity index (χ1n) is 21.5. The molecule has 3 nitrogen and oxygen atoms in total. The summed E-state index contributed by atoms with van der Waals surface area (Å²) < 4.78 is 7.51. The number of hydrogen-bond donors (Lipinski definition) is 0. The fourth-order valence-corrected chi connectivity index (χ4v) is 11.7. The van der Waals surface area contributed by atoms with Crippen molar-refractivity contribution in [2.75, 3.05) is 0 Å². The summed E-state index contributed by atoms with van der Waals surface area (Å²) in [6.45, 7) is 0. The van der Waals surface area contributed by atoms with E-state index in [0.29, 0.717) is 0 Å². The molecule has 4 aromatic heterocycles. The smallest absolute Gasteiger partial charge is 0.0789 e. The van der Waals surface area contributed by atoms with Gasteiger partial charge in [-0.1, -0.05) is 152 Å². The van der Waals surface area contributed by atoms with E-state index in [2.05, 4.69) is 221 Å². The van der Waals surface area contributed by atoms with Gasteiger partial charge in [-0.15, -0.1) is 11.3 Å². The first kappa shape index (κ1) is 34.6. The summed E-state index contributed by atoms with van der Waals surface area (Å²) >= 11 is 1.89. The Hall–Kier alpha value is -8.05. The normalized spacial score (nSPS) is 12.1. The van der Waals surface area contributed by atoms with E-state index < -0.39 is 0 Å². The van der Waals surface area contributed by atoms with Crippen molar-refractivity contribution in [2.24, 2.45) is 0 Å². The molecule has 14 aromatic rings. The average molecular weight is 818 g/mol. The number of fused-ring (bicyclic) bond motifs is 14. The van der Waals surface area contributed by atoms with Gasteiger partial charge in [-0.25, -0.2) is 4.98 Å². The monoisotopic (exact) mass is 817 g/mol. The third kappa shape index (κ3) is 4.98. The van der Waals surface area contributed by atoms with E-state index in [0.717, 1.165) is 22.2 Å². The SMILES string of the molecule is c1ccc(-c2nc3ccccc3c3c2cc(-n2c4ccccc4c4cc(-c5ccc6c(c5)c5ccccc5n6-c5cccc6ccccc56)ccc42)c2sc4ccccc4c23)cc1. The van der Waals surface area contributed by atoms with Crippen LogP contribution < -0.4 is 0 Å². The summed E-state index contributed by atoms with van der Waals surface area (Å²) in [5, 5.41) is 13.6. The fourth-order valence-electron chi connectivity index (χ4n) is 10.5. The van der Waals surface area contributed by atoms with Crippen molar-refractivity contribution in [1.82, 2.24) is 14.1 Å². The molecule has 0 saturated carbocycles. The summed E-state index contributed by atoms with van der Waals surface area (Å²) in [5.74, 6) is 0. The molecule has 0 radical (unpaired) electrons. The molecule has 0 aliphatic carbocycles. The molecule has 0 bridgehead atoms. The molecule has 0 saturated heterocycles. The molecular formula is C59H35N3S. The number of thiophene rings is 1. The highest BCUT2D eigenvalue weighted by Gasteiger charge is 2.23. The van der Waals surface area contributed by atoms with Gasteiger partial charge in [0.15, 0.2) is 0 Å². The van der Waals surface area contributed by atoms with Gasteiger partial charge in [0.05, 0.1) is 49.4 Å². The van der Waals surface area contributed by atoms with Crippen LogP contribution in [0.4, 0.5) is 0 Å². The number of benzene rings is 10. The summed E-state index contributed by atoms with van der Waals surface area (Å²) in [6.07, 6.45) is 0. The molecule has 0 atom stereocenters. The number of hydrogen-bond acceptors (Lipinski definition) is 2. The molecule has 0 N–H and O–H groups in total. The Morgan fingerprint density at radius 1 is 0.333 bits per heavy atom. The van der Waals surface area contributed by atoms with Gasteiger partial charge in [0.1, 0.15) is 0 Å².